The molecule has 16 nitrogen and oxygen atoms in total. The van der Waals surface area contributed by atoms with Crippen molar-refractivity contribution in [1.82, 2.24) is 80.8 Å². The molecule has 0 aliphatic heterocycles. The normalized spacial score (nSPS) is 10.8. The van der Waals surface area contributed by atoms with Crippen LogP contribution in [0.2, 0.25) is 0 Å². The van der Waals surface area contributed by atoms with Crippen LogP contribution < -0.4 is 0 Å². The Kier molecular flexibility index (Phi) is 15.3. The zero-order valence-electron chi connectivity index (χ0n) is 26.3. The molecule has 16 heteroatoms. The van der Waals surface area contributed by atoms with Gasteiger partial charge in [0.25, 0.3) is 0 Å². The van der Waals surface area contributed by atoms with Crippen LogP contribution in [0.15, 0.2) is 0 Å². The highest BCUT2D eigenvalue weighted by Crippen LogP contribution is 2.08. The van der Waals surface area contributed by atoms with Gasteiger partial charge < -0.3 is 0 Å². The van der Waals surface area contributed by atoms with Crippen molar-refractivity contribution in [3.8, 4) is 0 Å². The Morgan fingerprint density at radius 1 is 0.600 bits per heavy atom. The van der Waals surface area contributed by atoms with E-state index in [1.54, 1.807) is 9.59 Å². The van der Waals surface area contributed by atoms with Crippen molar-refractivity contribution in [1.29, 1.82) is 0 Å². The minimum absolute atomic E-state index is 0.313. The standard InChI is InChI=1S/4C6H12N4/c1-4-10-6(5(2)3)7-8-9-10;1-4-10-8-6(5(2)3)7-9-10;1-4-6-7-8-9-10(6)5(2)3;1-4-6-7-9-10(8-6)5(2)3/h4*5H,4H2,1-3H3. The van der Waals surface area contributed by atoms with Gasteiger partial charge >= 0.3 is 0 Å². The summed E-state index contributed by atoms with van der Waals surface area (Å²) in [6.07, 6.45) is 1.75. The van der Waals surface area contributed by atoms with Crippen LogP contribution in [0.25, 0.3) is 0 Å². The van der Waals surface area contributed by atoms with Crippen LogP contribution in [0, 0.1) is 0 Å². The fraction of sp³-hybridized carbons (Fsp3) is 0.833. The second-order valence-corrected chi connectivity index (χ2v) is 9.96. The molecule has 0 saturated carbocycles. The fourth-order valence-electron chi connectivity index (χ4n) is 2.93. The topological polar surface area (TPSA) is 174 Å². The summed E-state index contributed by atoms with van der Waals surface area (Å²) >= 11 is 0. The molecular formula is C24H48N16. The average Bonchev–Trinajstić information content (AvgIpc) is 3.75. The van der Waals surface area contributed by atoms with Crippen LogP contribution in [-0.4, -0.2) is 80.8 Å². The summed E-state index contributed by atoms with van der Waals surface area (Å²) in [5, 5.41) is 46.2. The van der Waals surface area contributed by atoms with E-state index in [4.69, 9.17) is 0 Å². The molecule has 0 N–H and O–H groups in total. The molecule has 0 aromatic carbocycles. The Hall–Kier alpha value is -3.72. The zero-order valence-corrected chi connectivity index (χ0v) is 26.3. The number of aryl methyl sites for hydroxylation is 4. The molecule has 0 radical (unpaired) electrons. The lowest BCUT2D eigenvalue weighted by atomic mass is 10.2. The second-order valence-electron chi connectivity index (χ2n) is 9.96. The quantitative estimate of drug-likeness (QED) is 0.308. The van der Waals surface area contributed by atoms with E-state index in [9.17, 15) is 0 Å². The summed E-state index contributed by atoms with van der Waals surface area (Å²) in [6.45, 7) is 26.2. The van der Waals surface area contributed by atoms with E-state index < -0.39 is 0 Å². The molecular weight excluding hydrogens is 512 g/mol. The SMILES string of the molecule is CCc1nnn(C(C)C)n1.CCc1nnnn1C(C)C.CCn1nnc(C(C)C)n1.CCn1nnnc1C(C)C. The van der Waals surface area contributed by atoms with E-state index in [0.29, 0.717) is 23.9 Å². The summed E-state index contributed by atoms with van der Waals surface area (Å²) < 4.78 is 3.64. The highest BCUT2D eigenvalue weighted by molar-refractivity contribution is 4.87. The average molecular weight is 561 g/mol. The van der Waals surface area contributed by atoms with Gasteiger partial charge in [0.05, 0.1) is 18.6 Å². The van der Waals surface area contributed by atoms with Crippen LogP contribution in [0.4, 0.5) is 0 Å². The molecule has 4 rings (SSSR count). The first-order chi connectivity index (χ1) is 19.0. The summed E-state index contributed by atoms with van der Waals surface area (Å²) in [5.74, 6) is 4.34. The number of hydrogen-bond acceptors (Lipinski definition) is 12. The molecule has 0 saturated heterocycles. The Labute approximate surface area is 237 Å². The van der Waals surface area contributed by atoms with Crippen molar-refractivity contribution in [2.24, 2.45) is 0 Å². The zero-order chi connectivity index (χ0) is 30.2. The van der Waals surface area contributed by atoms with Gasteiger partial charge in [-0.25, -0.2) is 9.36 Å². The van der Waals surface area contributed by atoms with Gasteiger partial charge in [0.15, 0.2) is 23.3 Å². The largest absolute Gasteiger partial charge is 0.230 e. The summed E-state index contributed by atoms with van der Waals surface area (Å²) in [4.78, 5) is 3.22. The lowest BCUT2D eigenvalue weighted by Crippen LogP contribution is -2.07. The maximum atomic E-state index is 4.12. The first kappa shape index (κ1) is 34.3. The van der Waals surface area contributed by atoms with E-state index in [2.05, 4.69) is 103 Å². The van der Waals surface area contributed by atoms with E-state index in [1.807, 2.05) is 50.9 Å². The van der Waals surface area contributed by atoms with Crippen LogP contribution >= 0.6 is 0 Å². The summed E-state index contributed by atoms with van der Waals surface area (Å²) in [6, 6.07) is 0.678. The smallest absolute Gasteiger partial charge is 0.177 e. The fourth-order valence-corrected chi connectivity index (χ4v) is 2.93. The molecule has 4 aromatic rings. The molecule has 0 bridgehead atoms. The van der Waals surface area contributed by atoms with Crippen molar-refractivity contribution in [3.05, 3.63) is 23.3 Å². The van der Waals surface area contributed by atoms with Crippen molar-refractivity contribution in [2.45, 2.75) is 133 Å². The van der Waals surface area contributed by atoms with Crippen molar-refractivity contribution in [3.63, 3.8) is 0 Å². The molecule has 0 unspecified atom stereocenters. The first-order valence-electron chi connectivity index (χ1n) is 14.1. The van der Waals surface area contributed by atoms with Crippen LogP contribution in [-0.2, 0) is 25.9 Å². The Bertz CT molecular complexity index is 1090. The van der Waals surface area contributed by atoms with Crippen molar-refractivity contribution < 1.29 is 0 Å². The Balaban J connectivity index is 0.000000267. The Morgan fingerprint density at radius 3 is 1.62 bits per heavy atom. The predicted molar refractivity (Wildman–Crippen MR) is 150 cm³/mol. The number of nitrogens with zero attached hydrogens (tertiary/aromatic N) is 16. The molecule has 0 fully saturated rings. The van der Waals surface area contributed by atoms with Gasteiger partial charge in [-0.2, -0.15) is 9.59 Å². The highest BCUT2D eigenvalue weighted by Gasteiger charge is 2.07. The summed E-state index contributed by atoms with van der Waals surface area (Å²) in [5.41, 5.74) is 0. The maximum absolute atomic E-state index is 4.12. The van der Waals surface area contributed by atoms with E-state index in [0.717, 1.165) is 49.2 Å². The van der Waals surface area contributed by atoms with Crippen LogP contribution in [0.3, 0.4) is 0 Å². The lowest BCUT2D eigenvalue weighted by Gasteiger charge is -2.04. The van der Waals surface area contributed by atoms with Gasteiger partial charge in [-0.05, 0) is 72.8 Å². The summed E-state index contributed by atoms with van der Waals surface area (Å²) in [7, 11) is 0. The minimum atomic E-state index is 0.313. The monoisotopic (exact) mass is 560 g/mol. The molecule has 40 heavy (non-hydrogen) atoms. The molecule has 0 aliphatic rings. The lowest BCUT2D eigenvalue weighted by molar-refractivity contribution is 0.453. The number of tetrazole rings is 4. The molecule has 0 amide bonds. The second kappa shape index (κ2) is 17.8. The third-order valence-corrected chi connectivity index (χ3v) is 5.26. The molecule has 0 atom stereocenters. The van der Waals surface area contributed by atoms with Crippen LogP contribution in [0.5, 0.6) is 0 Å². The first-order valence-corrected chi connectivity index (χ1v) is 14.1. The third kappa shape index (κ3) is 11.2. The van der Waals surface area contributed by atoms with Gasteiger partial charge in [-0.1, -0.05) is 41.5 Å². The van der Waals surface area contributed by atoms with Gasteiger partial charge in [0, 0.05) is 31.2 Å². The molecule has 4 aromatic heterocycles. The van der Waals surface area contributed by atoms with Crippen molar-refractivity contribution in [2.75, 3.05) is 0 Å². The van der Waals surface area contributed by atoms with Gasteiger partial charge in [-0.3, -0.25) is 0 Å². The molecule has 0 spiro atoms. The van der Waals surface area contributed by atoms with E-state index in [1.165, 1.54) is 0 Å². The minimum Gasteiger partial charge on any atom is -0.230 e. The third-order valence-electron chi connectivity index (χ3n) is 5.26. The number of rotatable bonds is 8. The molecule has 4 heterocycles. The van der Waals surface area contributed by atoms with E-state index >= 15 is 0 Å². The molecule has 0 aliphatic carbocycles. The predicted octanol–water partition coefficient (Wildman–Crippen LogP) is 3.27. The van der Waals surface area contributed by atoms with E-state index in [-0.39, 0.29) is 0 Å². The van der Waals surface area contributed by atoms with Crippen molar-refractivity contribution >= 4 is 0 Å². The maximum Gasteiger partial charge on any atom is 0.177 e. The Morgan fingerprint density at radius 2 is 1.27 bits per heavy atom. The van der Waals surface area contributed by atoms with Gasteiger partial charge in [0.1, 0.15) is 0 Å². The van der Waals surface area contributed by atoms with Crippen LogP contribution in [0.1, 0.15) is 130 Å². The van der Waals surface area contributed by atoms with Gasteiger partial charge in [-0.15, -0.1) is 30.6 Å². The van der Waals surface area contributed by atoms with Gasteiger partial charge in [0.2, 0.25) is 0 Å². The number of aromatic nitrogens is 16. The number of hydrogen-bond donors (Lipinski definition) is 0. The highest BCUT2D eigenvalue weighted by atomic mass is 15.6. The molecule has 224 valence electrons.